The molecule has 0 aliphatic carbocycles. The number of likely N-dealkylation sites (tertiary alicyclic amines) is 2. The molecule has 0 spiro atoms. The van der Waals surface area contributed by atoms with Gasteiger partial charge in [-0.05, 0) is 55.7 Å². The summed E-state index contributed by atoms with van der Waals surface area (Å²) in [7, 11) is 2.40. The quantitative estimate of drug-likeness (QED) is 0.0850. The number of H-pyrrole nitrogens is 2. The third-order valence-electron chi connectivity index (χ3n) is 11.6. The van der Waals surface area contributed by atoms with Gasteiger partial charge in [-0.15, -0.1) is 0 Å². The highest BCUT2D eigenvalue weighted by molar-refractivity contribution is 5.91. The van der Waals surface area contributed by atoms with Crippen molar-refractivity contribution in [2.24, 2.45) is 5.92 Å². The van der Waals surface area contributed by atoms with E-state index in [1.54, 1.807) is 35.3 Å². The number of benzene rings is 2. The van der Waals surface area contributed by atoms with Crippen LogP contribution in [-0.4, -0.2) is 120 Å². The van der Waals surface area contributed by atoms with Gasteiger partial charge in [-0.1, -0.05) is 57.5 Å². The second-order valence-corrected chi connectivity index (χ2v) is 16.2. The summed E-state index contributed by atoms with van der Waals surface area (Å²) in [6.45, 7) is 6.41. The Morgan fingerprint density at radius 1 is 0.828 bits per heavy atom. The van der Waals surface area contributed by atoms with E-state index < -0.39 is 48.4 Å². The molecule has 4 amide bonds. The summed E-state index contributed by atoms with van der Waals surface area (Å²) in [6.07, 6.45) is 0.828. The number of halogens is 3. The van der Waals surface area contributed by atoms with Crippen molar-refractivity contribution in [1.29, 1.82) is 0 Å². The van der Waals surface area contributed by atoms with E-state index in [9.17, 15) is 37.1 Å². The second kappa shape index (κ2) is 18.9. The molecule has 2 aliphatic heterocycles. The fourth-order valence-corrected chi connectivity index (χ4v) is 8.23. The Bertz CT molecular complexity index is 2520. The first-order chi connectivity index (χ1) is 30.6. The van der Waals surface area contributed by atoms with Gasteiger partial charge in [0.2, 0.25) is 11.8 Å². The minimum Gasteiger partial charge on any atom is -0.453 e. The molecular weight excluding hydrogens is 838 g/mol. The number of alkyl halides is 3. The Balaban J connectivity index is 1.01. The number of esters is 1. The van der Waals surface area contributed by atoms with E-state index in [1.165, 1.54) is 7.11 Å². The van der Waals surface area contributed by atoms with Crippen LogP contribution in [0.25, 0.3) is 44.8 Å². The molecule has 20 heteroatoms. The van der Waals surface area contributed by atoms with Crippen LogP contribution in [0, 0.1) is 5.92 Å². The number of hydrogen-bond donors (Lipinski definition) is 3. The molecule has 2 fully saturated rings. The number of nitrogens with one attached hydrogen (secondary N) is 3. The molecule has 2 aliphatic rings. The van der Waals surface area contributed by atoms with Gasteiger partial charge in [-0.25, -0.2) is 29.3 Å². The number of carbonyl (C=O) groups excluding carboxylic acids is 5. The van der Waals surface area contributed by atoms with Crippen LogP contribution in [0.4, 0.5) is 22.8 Å². The zero-order valence-electron chi connectivity index (χ0n) is 35.9. The van der Waals surface area contributed by atoms with E-state index in [-0.39, 0.29) is 24.3 Å². The number of imidazole rings is 2. The van der Waals surface area contributed by atoms with Crippen LogP contribution in [0.2, 0.25) is 0 Å². The molecule has 0 unspecified atom stereocenters. The topological polar surface area (TPSA) is 209 Å². The van der Waals surface area contributed by atoms with Crippen molar-refractivity contribution in [3.05, 3.63) is 72.7 Å². The maximum atomic E-state index is 13.8. The molecule has 3 aromatic heterocycles. The van der Waals surface area contributed by atoms with Crippen LogP contribution in [-0.2, 0) is 23.9 Å². The van der Waals surface area contributed by atoms with Crippen molar-refractivity contribution >= 4 is 41.0 Å². The van der Waals surface area contributed by atoms with Gasteiger partial charge in [0.1, 0.15) is 23.7 Å². The molecule has 5 aromatic rings. The number of fused-ring (bicyclic) bond motifs is 1. The minimum absolute atomic E-state index is 0.139. The highest BCUT2D eigenvalue weighted by Gasteiger charge is 2.45. The summed E-state index contributed by atoms with van der Waals surface area (Å²) in [5, 5.41) is 2.67. The normalized spacial score (nSPS) is 17.4. The number of alkyl carbamates (subject to hydrolysis) is 1. The van der Waals surface area contributed by atoms with Crippen LogP contribution < -0.4 is 5.32 Å². The molecule has 2 aromatic carbocycles. The lowest BCUT2D eigenvalue weighted by atomic mass is 10.0. The van der Waals surface area contributed by atoms with E-state index in [2.05, 4.69) is 30.0 Å². The van der Waals surface area contributed by atoms with Gasteiger partial charge in [-0.3, -0.25) is 19.5 Å². The molecule has 3 N–H and O–H groups in total. The van der Waals surface area contributed by atoms with Gasteiger partial charge in [0, 0.05) is 31.3 Å². The number of aromatic nitrogens is 6. The van der Waals surface area contributed by atoms with E-state index in [0.717, 1.165) is 47.2 Å². The Morgan fingerprint density at radius 3 is 1.98 bits per heavy atom. The van der Waals surface area contributed by atoms with Crippen molar-refractivity contribution in [2.75, 3.05) is 27.2 Å². The first-order valence-corrected chi connectivity index (χ1v) is 21.1. The Hall–Kier alpha value is -6.86. The van der Waals surface area contributed by atoms with Gasteiger partial charge < -0.3 is 34.6 Å². The first kappa shape index (κ1) is 45.2. The first-order valence-electron chi connectivity index (χ1n) is 21.1. The van der Waals surface area contributed by atoms with Gasteiger partial charge in [-0.2, -0.15) is 13.2 Å². The predicted octanol–water partition coefficient (Wildman–Crippen LogP) is 7.11. The lowest BCUT2D eigenvalue weighted by Gasteiger charge is -2.32. The van der Waals surface area contributed by atoms with Crippen LogP contribution >= 0.6 is 0 Å². The average molecular weight is 887 g/mol. The van der Waals surface area contributed by atoms with Crippen molar-refractivity contribution in [2.45, 2.75) is 89.6 Å². The molecule has 64 heavy (non-hydrogen) atoms. The second-order valence-electron chi connectivity index (χ2n) is 16.2. The number of rotatable bonds is 12. The fraction of sp³-hybridized carbons (Fsp3) is 0.432. The lowest BCUT2D eigenvalue weighted by Crippen LogP contribution is -2.51. The summed E-state index contributed by atoms with van der Waals surface area (Å²) in [5.41, 5.74) is 5.93. The summed E-state index contributed by atoms with van der Waals surface area (Å²) >= 11 is 0. The summed E-state index contributed by atoms with van der Waals surface area (Å²) in [5.74, 6) is -2.28. The molecule has 338 valence electrons. The number of hydrogen-bond acceptors (Lipinski definition) is 11. The van der Waals surface area contributed by atoms with Crippen molar-refractivity contribution in [3.8, 4) is 33.8 Å². The predicted molar refractivity (Wildman–Crippen MR) is 226 cm³/mol. The van der Waals surface area contributed by atoms with Crippen molar-refractivity contribution in [1.82, 2.24) is 49.9 Å². The molecule has 4 atom stereocenters. The minimum atomic E-state index is -5.36. The summed E-state index contributed by atoms with van der Waals surface area (Å²) in [4.78, 5) is 92.7. The highest BCUT2D eigenvalue weighted by atomic mass is 19.4. The Kier molecular flexibility index (Phi) is 13.3. The largest absolute Gasteiger partial charge is 0.491 e. The molecule has 5 heterocycles. The molecule has 0 saturated carbocycles. The summed E-state index contributed by atoms with van der Waals surface area (Å²) in [6, 6.07) is 10.8. The molecular formula is C44H49F3N10O7. The number of amides is 4. The van der Waals surface area contributed by atoms with Crippen molar-refractivity contribution < 1.29 is 46.6 Å². The van der Waals surface area contributed by atoms with Crippen LogP contribution in [0.15, 0.2) is 61.1 Å². The third-order valence-corrected chi connectivity index (χ3v) is 11.6. The fourth-order valence-electron chi connectivity index (χ4n) is 8.23. The van der Waals surface area contributed by atoms with Crippen LogP contribution in [0.3, 0.4) is 0 Å². The monoisotopic (exact) mass is 886 g/mol. The number of likely N-dealkylation sites (N-methyl/N-ethyl adjacent to an activating group) is 1. The number of carbonyl (C=O) groups is 5. The van der Waals surface area contributed by atoms with Gasteiger partial charge in [0.25, 0.3) is 0 Å². The van der Waals surface area contributed by atoms with Crippen LogP contribution in [0.5, 0.6) is 0 Å². The number of nitrogens with zero attached hydrogens (tertiary/aromatic N) is 7. The zero-order chi connectivity index (χ0) is 45.9. The molecule has 0 bridgehead atoms. The zero-order valence-corrected chi connectivity index (χ0v) is 35.9. The maximum Gasteiger partial charge on any atom is 0.491 e. The Morgan fingerprint density at radius 2 is 1.41 bits per heavy atom. The average Bonchev–Trinajstić information content (AvgIpc) is 4.13. The maximum absolute atomic E-state index is 13.8. The number of methoxy groups -OCH3 is 1. The van der Waals surface area contributed by atoms with Gasteiger partial charge >= 0.3 is 24.3 Å². The summed E-state index contributed by atoms with van der Waals surface area (Å²) < 4.78 is 47.0. The molecule has 2 saturated heterocycles. The van der Waals surface area contributed by atoms with Gasteiger partial charge in [0.15, 0.2) is 0 Å². The number of ether oxygens (including phenoxy) is 2. The third kappa shape index (κ3) is 9.54. The lowest BCUT2D eigenvalue weighted by molar-refractivity contribution is -0.194. The van der Waals surface area contributed by atoms with E-state index >= 15 is 0 Å². The highest BCUT2D eigenvalue weighted by Crippen LogP contribution is 2.35. The van der Waals surface area contributed by atoms with Gasteiger partial charge in [0.05, 0.1) is 65.9 Å². The smallest absolute Gasteiger partial charge is 0.453 e. The molecule has 7 rings (SSSR count). The molecule has 0 radical (unpaired) electrons. The van der Waals surface area contributed by atoms with E-state index in [0.29, 0.717) is 66.4 Å². The standard InChI is InChI=1S/C44H49F3N10O7/c1-6-9-35(55(4)43(62)64-41(60)44(45,46)47)39(58)56-18-7-10-33(56)37-50-23-32(53-37)27-16-17-28-29(20-27)48-21-30(51-28)25-12-14-26(15-13-25)31-22-49-38(52-31)34-11-8-19-57(34)40(59)36(24(2)3)54-42(61)63-5/h12-17,20-24,33-36H,6-11,18-19H2,1-5H3,(H,49,52)(H,50,53)(H,54,61)/t33-,34-,35+,36-/m0/s1. The Labute approximate surface area is 366 Å². The van der Waals surface area contributed by atoms with E-state index in [1.807, 2.05) is 56.3 Å². The molecule has 17 nitrogen and oxygen atoms in total. The number of aromatic amines is 2. The SMILES string of the molecule is CCC[C@H](C(=O)N1CCC[C@H]1c1ncc(-c2ccc3nc(-c4ccc(-c5cnc([C@@H]6CCCN6C(=O)[C@@H](NC(=O)OC)C(C)C)[nH]5)cc4)cnc3c2)[nH]1)N(C)C(=O)OC(=O)C(F)(F)F. The van der Waals surface area contributed by atoms with E-state index in [4.69, 9.17) is 14.7 Å². The van der Waals surface area contributed by atoms with Crippen LogP contribution in [0.1, 0.15) is 83.0 Å². The van der Waals surface area contributed by atoms with Crippen molar-refractivity contribution in [3.63, 3.8) is 0 Å².